The van der Waals surface area contributed by atoms with E-state index < -0.39 is 0 Å². The zero-order valence-corrected chi connectivity index (χ0v) is 16.2. The average molecular weight is 372 g/mol. The maximum absolute atomic E-state index is 12.7. The lowest BCUT2D eigenvalue weighted by Crippen LogP contribution is -2.33. The van der Waals surface area contributed by atoms with Crippen LogP contribution in [0.25, 0.3) is 0 Å². The summed E-state index contributed by atoms with van der Waals surface area (Å²) in [6.07, 6.45) is 3.07. The predicted octanol–water partition coefficient (Wildman–Crippen LogP) is 4.21. The van der Waals surface area contributed by atoms with Gasteiger partial charge in [0.05, 0.1) is 17.4 Å². The van der Waals surface area contributed by atoms with Crippen LogP contribution in [0.15, 0.2) is 42.5 Å². The van der Waals surface area contributed by atoms with Crippen LogP contribution in [0.4, 0.5) is 17.1 Å². The molecule has 1 amide bonds. The van der Waals surface area contributed by atoms with Crippen LogP contribution >= 0.6 is 12.4 Å². The monoisotopic (exact) mass is 371 g/mol. The molecule has 4 rings (SSSR count). The molecule has 4 nitrogen and oxygen atoms in total. The largest absolute Gasteiger partial charge is 0.339 e. The molecule has 0 aliphatic carbocycles. The van der Waals surface area contributed by atoms with Crippen LogP contribution in [0.2, 0.25) is 0 Å². The van der Waals surface area contributed by atoms with Crippen molar-refractivity contribution in [1.82, 2.24) is 5.32 Å². The number of benzene rings is 2. The van der Waals surface area contributed by atoms with Gasteiger partial charge in [0.1, 0.15) is 0 Å². The number of amides is 1. The predicted molar refractivity (Wildman–Crippen MR) is 110 cm³/mol. The Morgan fingerprint density at radius 2 is 1.92 bits per heavy atom. The minimum Gasteiger partial charge on any atom is -0.339 e. The van der Waals surface area contributed by atoms with Gasteiger partial charge in [0, 0.05) is 19.2 Å². The van der Waals surface area contributed by atoms with Crippen molar-refractivity contribution in [2.45, 2.75) is 32.2 Å². The molecule has 0 saturated heterocycles. The van der Waals surface area contributed by atoms with Crippen LogP contribution in [-0.2, 0) is 11.2 Å². The zero-order valence-electron chi connectivity index (χ0n) is 15.4. The standard InChI is InChI=1S/C21H25N3O.ClH/c1-15(25)24-18(11-6-13-22-2)17-8-5-7-16-12-14-23(21(16)17)19-9-3-4-10-20(19)24;/h3-5,7-10,18,22H,6,11-14H2,1-2H3;1H. The van der Waals surface area contributed by atoms with E-state index in [1.165, 1.54) is 16.8 Å². The van der Waals surface area contributed by atoms with Crippen molar-refractivity contribution in [3.63, 3.8) is 0 Å². The van der Waals surface area contributed by atoms with Gasteiger partial charge in [0.15, 0.2) is 0 Å². The third-order valence-corrected chi connectivity index (χ3v) is 5.37. The van der Waals surface area contributed by atoms with E-state index >= 15 is 0 Å². The number of carbonyl (C=O) groups excluding carboxylic acids is 1. The zero-order chi connectivity index (χ0) is 17.4. The van der Waals surface area contributed by atoms with Crippen molar-refractivity contribution < 1.29 is 4.79 Å². The number of hydrogen-bond acceptors (Lipinski definition) is 3. The molecular formula is C21H26ClN3O. The molecule has 2 aromatic carbocycles. The number of rotatable bonds is 4. The maximum atomic E-state index is 12.7. The number of anilines is 3. The van der Waals surface area contributed by atoms with Crippen LogP contribution in [0, 0.1) is 0 Å². The van der Waals surface area contributed by atoms with Gasteiger partial charge >= 0.3 is 0 Å². The Labute approximate surface area is 161 Å². The first-order valence-electron chi connectivity index (χ1n) is 9.15. The van der Waals surface area contributed by atoms with Gasteiger partial charge in [-0.25, -0.2) is 0 Å². The van der Waals surface area contributed by atoms with Gasteiger partial charge in [-0.1, -0.05) is 30.3 Å². The lowest BCUT2D eigenvalue weighted by molar-refractivity contribution is -0.117. The normalized spacial score (nSPS) is 17.2. The number of nitrogens with zero attached hydrogens (tertiary/aromatic N) is 2. The van der Waals surface area contributed by atoms with Crippen LogP contribution < -0.4 is 15.1 Å². The van der Waals surface area contributed by atoms with E-state index in [9.17, 15) is 4.79 Å². The van der Waals surface area contributed by atoms with Gasteiger partial charge in [-0.3, -0.25) is 4.79 Å². The van der Waals surface area contributed by atoms with E-state index in [0.717, 1.165) is 43.7 Å². The summed E-state index contributed by atoms with van der Waals surface area (Å²) in [6, 6.07) is 15.0. The fourth-order valence-electron chi connectivity index (χ4n) is 4.34. The summed E-state index contributed by atoms with van der Waals surface area (Å²) in [6.45, 7) is 3.63. The number of fused-ring (bicyclic) bond motifs is 2. The van der Waals surface area contributed by atoms with Crippen molar-refractivity contribution in [3.8, 4) is 0 Å². The number of halogens is 1. The molecule has 2 aliphatic rings. The number of carbonyl (C=O) groups is 1. The summed E-state index contributed by atoms with van der Waals surface area (Å²) >= 11 is 0. The highest BCUT2D eigenvalue weighted by Crippen LogP contribution is 2.50. The highest BCUT2D eigenvalue weighted by atomic mass is 35.5. The molecule has 0 bridgehead atoms. The summed E-state index contributed by atoms with van der Waals surface area (Å²) in [5.74, 6) is 0.112. The molecule has 0 radical (unpaired) electrons. The second kappa shape index (κ2) is 7.68. The average Bonchev–Trinajstić information content (AvgIpc) is 3.00. The first kappa shape index (κ1) is 18.7. The Kier molecular flexibility index (Phi) is 5.54. The first-order chi connectivity index (χ1) is 12.2. The van der Waals surface area contributed by atoms with Crippen molar-refractivity contribution in [2.24, 2.45) is 0 Å². The van der Waals surface area contributed by atoms with Gasteiger partial charge in [0.2, 0.25) is 5.91 Å². The minimum absolute atomic E-state index is 0. The summed E-state index contributed by atoms with van der Waals surface area (Å²) in [5, 5.41) is 3.23. The molecule has 0 fully saturated rings. The van der Waals surface area contributed by atoms with Crippen molar-refractivity contribution in [1.29, 1.82) is 0 Å². The highest BCUT2D eigenvalue weighted by Gasteiger charge is 2.36. The summed E-state index contributed by atoms with van der Waals surface area (Å²) < 4.78 is 0. The fourth-order valence-corrected chi connectivity index (χ4v) is 4.34. The van der Waals surface area contributed by atoms with Crippen molar-refractivity contribution >= 4 is 35.4 Å². The molecule has 0 spiro atoms. The van der Waals surface area contributed by atoms with Crippen LogP contribution in [0.5, 0.6) is 0 Å². The lowest BCUT2D eigenvalue weighted by atomic mass is 9.96. The molecule has 2 heterocycles. The van der Waals surface area contributed by atoms with E-state index in [1.807, 2.05) is 18.0 Å². The first-order valence-corrected chi connectivity index (χ1v) is 9.15. The van der Waals surface area contributed by atoms with Gasteiger partial charge in [-0.2, -0.15) is 0 Å². The Hall–Kier alpha value is -2.04. The van der Waals surface area contributed by atoms with Gasteiger partial charge < -0.3 is 15.1 Å². The molecule has 26 heavy (non-hydrogen) atoms. The Morgan fingerprint density at radius 3 is 2.65 bits per heavy atom. The molecule has 0 saturated carbocycles. The van der Waals surface area contributed by atoms with Crippen LogP contribution in [-0.4, -0.2) is 26.0 Å². The summed E-state index contributed by atoms with van der Waals surface area (Å²) in [5.41, 5.74) is 6.20. The third-order valence-electron chi connectivity index (χ3n) is 5.37. The second-order valence-electron chi connectivity index (χ2n) is 6.90. The van der Waals surface area contributed by atoms with Gasteiger partial charge in [-0.05, 0) is 56.1 Å². The molecule has 0 aromatic heterocycles. The third kappa shape index (κ3) is 2.97. The molecular weight excluding hydrogens is 346 g/mol. The van der Waals surface area contributed by atoms with E-state index in [1.54, 1.807) is 6.92 Å². The SMILES string of the molecule is CNCCCC1c2cccc3c2N(CC3)c2ccccc2N1C(C)=O.Cl. The minimum atomic E-state index is 0. The molecule has 1 atom stereocenters. The molecule has 2 aromatic rings. The van der Waals surface area contributed by atoms with Crippen LogP contribution in [0.1, 0.15) is 36.9 Å². The topological polar surface area (TPSA) is 35.6 Å². The van der Waals surface area contributed by atoms with Crippen LogP contribution in [0.3, 0.4) is 0 Å². The molecule has 138 valence electrons. The number of para-hydroxylation sites is 3. The lowest BCUT2D eigenvalue weighted by Gasteiger charge is -2.31. The number of nitrogens with one attached hydrogen (secondary N) is 1. The Bertz CT molecular complexity index is 808. The fraction of sp³-hybridized carbons (Fsp3) is 0.381. The molecule has 1 N–H and O–H groups in total. The van der Waals surface area contributed by atoms with E-state index in [2.05, 4.69) is 46.6 Å². The number of hydrogen-bond donors (Lipinski definition) is 1. The van der Waals surface area contributed by atoms with Crippen molar-refractivity contribution in [2.75, 3.05) is 29.9 Å². The molecule has 2 aliphatic heterocycles. The van der Waals surface area contributed by atoms with Crippen molar-refractivity contribution in [3.05, 3.63) is 53.6 Å². The Morgan fingerprint density at radius 1 is 1.15 bits per heavy atom. The maximum Gasteiger partial charge on any atom is 0.224 e. The quantitative estimate of drug-likeness (QED) is 0.818. The summed E-state index contributed by atoms with van der Waals surface area (Å²) in [4.78, 5) is 17.1. The second-order valence-corrected chi connectivity index (χ2v) is 6.90. The van der Waals surface area contributed by atoms with E-state index in [4.69, 9.17) is 0 Å². The molecule has 1 unspecified atom stereocenters. The smallest absolute Gasteiger partial charge is 0.224 e. The van der Waals surface area contributed by atoms with E-state index in [-0.39, 0.29) is 24.4 Å². The highest BCUT2D eigenvalue weighted by molar-refractivity contribution is 5.99. The van der Waals surface area contributed by atoms with E-state index in [0.29, 0.717) is 0 Å². The Balaban J connectivity index is 0.00000196. The van der Waals surface area contributed by atoms with Gasteiger partial charge in [-0.15, -0.1) is 12.4 Å². The summed E-state index contributed by atoms with van der Waals surface area (Å²) in [7, 11) is 1.98. The van der Waals surface area contributed by atoms with Gasteiger partial charge in [0.25, 0.3) is 0 Å². The molecule has 5 heteroatoms.